The van der Waals surface area contributed by atoms with Gasteiger partial charge < -0.3 is 10.6 Å². The largest absolute Gasteiger partial charge is 0.350 e. The fourth-order valence-corrected chi connectivity index (χ4v) is 2.96. The van der Waals surface area contributed by atoms with Crippen molar-refractivity contribution in [2.75, 3.05) is 0 Å². The van der Waals surface area contributed by atoms with E-state index in [0.717, 1.165) is 11.3 Å². The Morgan fingerprint density at radius 2 is 1.76 bits per heavy atom. The van der Waals surface area contributed by atoms with Gasteiger partial charge in [-0.05, 0) is 42.3 Å². The van der Waals surface area contributed by atoms with Crippen LogP contribution in [0.15, 0.2) is 67.0 Å². The summed E-state index contributed by atoms with van der Waals surface area (Å²) in [5.74, 6) is -0.625. The number of benzene rings is 2. The molecule has 0 saturated heterocycles. The highest BCUT2D eigenvalue weighted by molar-refractivity contribution is 6.30. The van der Waals surface area contributed by atoms with E-state index in [1.54, 1.807) is 35.1 Å². The molecule has 2 amide bonds. The van der Waals surface area contributed by atoms with Crippen LogP contribution >= 0.6 is 11.6 Å². The molecule has 0 aliphatic carbocycles. The number of nitrogens with zero attached hydrogens (tertiary/aromatic N) is 2. The average molecular weight is 411 g/mol. The highest BCUT2D eigenvalue weighted by atomic mass is 35.5. The maximum absolute atomic E-state index is 12.7. The van der Waals surface area contributed by atoms with Crippen molar-refractivity contribution in [3.8, 4) is 5.69 Å². The first kappa shape index (κ1) is 20.6. The number of carbonyl (C=O) groups is 2. The van der Waals surface area contributed by atoms with Gasteiger partial charge in [0, 0.05) is 28.9 Å². The van der Waals surface area contributed by atoms with E-state index in [4.69, 9.17) is 11.6 Å². The molecule has 3 aromatic rings. The quantitative estimate of drug-likeness (QED) is 0.624. The standard InChI is InChI=1S/C22H23ClN4O2/c1-15(2)20(26-21(28)17-8-10-18(23)11-9-17)22(29)24-12-16-13-25-27(14-16)19-6-4-3-5-7-19/h3-11,13-15,20H,12H2,1-2H3,(H,24,29)(H,26,28)/t20-/m0/s1. The topological polar surface area (TPSA) is 76.0 Å². The minimum Gasteiger partial charge on any atom is -0.350 e. The van der Waals surface area contributed by atoms with Crippen LogP contribution in [0.3, 0.4) is 0 Å². The van der Waals surface area contributed by atoms with Gasteiger partial charge in [-0.25, -0.2) is 4.68 Å². The van der Waals surface area contributed by atoms with Gasteiger partial charge >= 0.3 is 0 Å². The third-order valence-electron chi connectivity index (χ3n) is 4.47. The molecule has 1 atom stereocenters. The fraction of sp³-hybridized carbons (Fsp3) is 0.227. The summed E-state index contributed by atoms with van der Waals surface area (Å²) in [5, 5.41) is 10.6. The molecule has 0 spiro atoms. The number of carbonyl (C=O) groups excluding carboxylic acids is 2. The molecule has 0 radical (unpaired) electrons. The third kappa shape index (κ3) is 5.45. The highest BCUT2D eigenvalue weighted by Gasteiger charge is 2.24. The number of hydrogen-bond donors (Lipinski definition) is 2. The molecule has 1 aromatic heterocycles. The van der Waals surface area contributed by atoms with Crippen LogP contribution in [0.1, 0.15) is 29.8 Å². The Labute approximate surface area is 174 Å². The van der Waals surface area contributed by atoms with Crippen molar-refractivity contribution >= 4 is 23.4 Å². The van der Waals surface area contributed by atoms with Gasteiger partial charge in [0.05, 0.1) is 11.9 Å². The van der Waals surface area contributed by atoms with E-state index in [1.165, 1.54) is 0 Å². The van der Waals surface area contributed by atoms with E-state index in [2.05, 4.69) is 15.7 Å². The number of hydrogen-bond acceptors (Lipinski definition) is 3. The normalized spacial score (nSPS) is 11.9. The van der Waals surface area contributed by atoms with Gasteiger partial charge in [-0.3, -0.25) is 9.59 Å². The van der Waals surface area contributed by atoms with E-state index in [1.807, 2.05) is 50.4 Å². The first-order valence-corrected chi connectivity index (χ1v) is 9.75. The summed E-state index contributed by atoms with van der Waals surface area (Å²) in [6.45, 7) is 4.10. The van der Waals surface area contributed by atoms with Crippen LogP contribution < -0.4 is 10.6 Å². The molecule has 0 saturated carbocycles. The maximum atomic E-state index is 12.7. The smallest absolute Gasteiger partial charge is 0.251 e. The second-order valence-corrected chi connectivity index (χ2v) is 7.48. The molecule has 1 heterocycles. The SMILES string of the molecule is CC(C)[C@H](NC(=O)c1ccc(Cl)cc1)C(=O)NCc1cnn(-c2ccccc2)c1. The molecule has 0 aliphatic heterocycles. The number of rotatable bonds is 7. The minimum atomic E-state index is -0.651. The van der Waals surface area contributed by atoms with Gasteiger partial charge in [-0.2, -0.15) is 5.10 Å². The molecular formula is C22H23ClN4O2. The van der Waals surface area contributed by atoms with Crippen LogP contribution in [-0.2, 0) is 11.3 Å². The van der Waals surface area contributed by atoms with Gasteiger partial charge in [0.15, 0.2) is 0 Å². The summed E-state index contributed by atoms with van der Waals surface area (Å²) in [6, 6.07) is 15.6. The molecule has 0 bridgehead atoms. The van der Waals surface area contributed by atoms with Gasteiger partial charge in [0.1, 0.15) is 6.04 Å². The van der Waals surface area contributed by atoms with E-state index in [-0.39, 0.29) is 17.7 Å². The molecule has 2 aromatic carbocycles. The van der Waals surface area contributed by atoms with Crippen LogP contribution in [-0.4, -0.2) is 27.6 Å². The van der Waals surface area contributed by atoms with Crippen molar-refractivity contribution in [1.29, 1.82) is 0 Å². The molecule has 2 N–H and O–H groups in total. The number of halogens is 1. The lowest BCUT2D eigenvalue weighted by Crippen LogP contribution is -2.49. The molecule has 0 aliphatic rings. The molecule has 3 rings (SSSR count). The Bertz CT molecular complexity index is 968. The van der Waals surface area contributed by atoms with Crippen LogP contribution in [0.5, 0.6) is 0 Å². The lowest BCUT2D eigenvalue weighted by molar-refractivity contribution is -0.124. The zero-order chi connectivity index (χ0) is 20.8. The predicted octanol–water partition coefficient (Wildman–Crippen LogP) is 3.60. The Kier molecular flexibility index (Phi) is 6.67. The fourth-order valence-electron chi connectivity index (χ4n) is 2.83. The van der Waals surface area contributed by atoms with Gasteiger partial charge in [-0.15, -0.1) is 0 Å². The molecule has 0 unspecified atom stereocenters. The summed E-state index contributed by atoms with van der Waals surface area (Å²) in [4.78, 5) is 25.1. The van der Waals surface area contributed by atoms with E-state index >= 15 is 0 Å². The van der Waals surface area contributed by atoms with Crippen LogP contribution in [0.2, 0.25) is 5.02 Å². The Morgan fingerprint density at radius 1 is 1.07 bits per heavy atom. The summed E-state index contributed by atoms with van der Waals surface area (Å²) >= 11 is 5.86. The second kappa shape index (κ2) is 9.39. The Hall–Kier alpha value is -3.12. The van der Waals surface area contributed by atoms with E-state index in [9.17, 15) is 9.59 Å². The molecule has 6 nitrogen and oxygen atoms in total. The maximum Gasteiger partial charge on any atom is 0.251 e. The molecule has 7 heteroatoms. The summed E-state index contributed by atoms with van der Waals surface area (Å²) < 4.78 is 1.75. The summed E-state index contributed by atoms with van der Waals surface area (Å²) in [6.07, 6.45) is 3.58. The van der Waals surface area contributed by atoms with Crippen LogP contribution in [0, 0.1) is 5.92 Å². The predicted molar refractivity (Wildman–Crippen MR) is 113 cm³/mol. The highest BCUT2D eigenvalue weighted by Crippen LogP contribution is 2.11. The Balaban J connectivity index is 1.60. The minimum absolute atomic E-state index is 0.0710. The van der Waals surface area contributed by atoms with Crippen molar-refractivity contribution in [2.24, 2.45) is 5.92 Å². The van der Waals surface area contributed by atoms with Crippen molar-refractivity contribution in [1.82, 2.24) is 20.4 Å². The lowest BCUT2D eigenvalue weighted by atomic mass is 10.0. The monoisotopic (exact) mass is 410 g/mol. The third-order valence-corrected chi connectivity index (χ3v) is 4.72. The molecular weight excluding hydrogens is 388 g/mol. The van der Waals surface area contributed by atoms with E-state index < -0.39 is 6.04 Å². The first-order valence-electron chi connectivity index (χ1n) is 9.37. The lowest BCUT2D eigenvalue weighted by Gasteiger charge is -2.21. The van der Waals surface area contributed by atoms with Gasteiger partial charge in [0.2, 0.25) is 5.91 Å². The number of amides is 2. The average Bonchev–Trinajstić information content (AvgIpc) is 3.20. The number of nitrogens with one attached hydrogen (secondary N) is 2. The molecule has 29 heavy (non-hydrogen) atoms. The van der Waals surface area contributed by atoms with Gasteiger partial charge in [-0.1, -0.05) is 43.6 Å². The van der Waals surface area contributed by atoms with Crippen molar-refractivity contribution in [2.45, 2.75) is 26.4 Å². The molecule has 150 valence electrons. The first-order chi connectivity index (χ1) is 13.9. The van der Waals surface area contributed by atoms with Crippen LogP contribution in [0.4, 0.5) is 0 Å². The van der Waals surface area contributed by atoms with Crippen molar-refractivity contribution in [3.63, 3.8) is 0 Å². The van der Waals surface area contributed by atoms with Gasteiger partial charge in [0.25, 0.3) is 5.91 Å². The second-order valence-electron chi connectivity index (χ2n) is 7.05. The number of para-hydroxylation sites is 1. The number of aromatic nitrogens is 2. The zero-order valence-electron chi connectivity index (χ0n) is 16.3. The summed E-state index contributed by atoms with van der Waals surface area (Å²) in [5.41, 5.74) is 2.27. The Morgan fingerprint density at radius 3 is 2.41 bits per heavy atom. The molecule has 0 fully saturated rings. The van der Waals surface area contributed by atoms with Crippen molar-refractivity contribution in [3.05, 3.63) is 83.1 Å². The van der Waals surface area contributed by atoms with Crippen LogP contribution in [0.25, 0.3) is 5.69 Å². The zero-order valence-corrected chi connectivity index (χ0v) is 17.1. The van der Waals surface area contributed by atoms with E-state index in [0.29, 0.717) is 17.1 Å². The summed E-state index contributed by atoms with van der Waals surface area (Å²) in [7, 11) is 0. The van der Waals surface area contributed by atoms with Crippen molar-refractivity contribution < 1.29 is 9.59 Å².